The van der Waals surface area contributed by atoms with E-state index in [9.17, 15) is 32.3 Å². The number of phenolic OH excluding ortho intramolecular Hbond substituents is 1. The lowest BCUT2D eigenvalue weighted by Gasteiger charge is -2.16. The predicted molar refractivity (Wildman–Crippen MR) is 132 cm³/mol. The highest BCUT2D eigenvalue weighted by atomic mass is 32.2. The summed E-state index contributed by atoms with van der Waals surface area (Å²) in [6.07, 6.45) is -3.17. The molecule has 2 aliphatic heterocycles. The van der Waals surface area contributed by atoms with Crippen molar-refractivity contribution in [2.45, 2.75) is 6.18 Å². The monoisotopic (exact) mass is 526 g/mol. The molecular weight excluding hydrogens is 512 g/mol. The van der Waals surface area contributed by atoms with Gasteiger partial charge in [0.1, 0.15) is 11.6 Å². The van der Waals surface area contributed by atoms with Gasteiger partial charge in [0.2, 0.25) is 5.17 Å². The fourth-order valence-electron chi connectivity index (χ4n) is 3.63. The van der Waals surface area contributed by atoms with Crippen molar-refractivity contribution in [1.82, 2.24) is 0 Å². The molecule has 1 saturated heterocycles. The van der Waals surface area contributed by atoms with Crippen molar-refractivity contribution in [3.63, 3.8) is 0 Å². The summed E-state index contributed by atoms with van der Waals surface area (Å²) in [5.74, 6) is -1.91. The molecule has 0 bridgehead atoms. The van der Waals surface area contributed by atoms with Crippen molar-refractivity contribution in [3.8, 4) is 5.75 Å². The lowest BCUT2D eigenvalue weighted by molar-refractivity contribution is -0.137. The van der Waals surface area contributed by atoms with Crippen LogP contribution in [0.1, 0.15) is 16.7 Å². The third-order valence-corrected chi connectivity index (χ3v) is 6.32. The number of hydrogen-bond acceptors (Lipinski definition) is 6. The minimum Gasteiger partial charge on any atom is -0.508 e. The number of carbonyl (C=O) groups is 2. The van der Waals surface area contributed by atoms with Gasteiger partial charge in [0.25, 0.3) is 11.8 Å². The Hall–Kier alpha value is -4.45. The van der Waals surface area contributed by atoms with E-state index in [1.54, 1.807) is 12.1 Å². The first-order valence-electron chi connectivity index (χ1n) is 10.6. The van der Waals surface area contributed by atoms with E-state index < -0.39 is 29.4 Å². The number of nitrogens with zero attached hydrogens (tertiary/aromatic N) is 3. The normalized spacial score (nSPS) is 18.7. The molecule has 2 N–H and O–H groups in total. The average Bonchev–Trinajstić information content (AvgIpc) is 3.33. The Balaban J connectivity index is 1.60. The summed E-state index contributed by atoms with van der Waals surface area (Å²) in [6, 6.07) is 13.7. The van der Waals surface area contributed by atoms with E-state index in [1.807, 2.05) is 0 Å². The fourth-order valence-corrected chi connectivity index (χ4v) is 4.56. The molecule has 3 aromatic rings. The number of benzene rings is 3. The molecule has 7 nitrogen and oxygen atoms in total. The number of fused-ring (bicyclic) bond motifs is 1. The molecule has 12 heteroatoms. The van der Waals surface area contributed by atoms with Crippen molar-refractivity contribution in [3.05, 3.63) is 94.1 Å². The Morgan fingerprint density at radius 2 is 1.73 bits per heavy atom. The highest BCUT2D eigenvalue weighted by Gasteiger charge is 2.37. The van der Waals surface area contributed by atoms with E-state index in [2.05, 4.69) is 15.5 Å². The van der Waals surface area contributed by atoms with Gasteiger partial charge >= 0.3 is 6.18 Å². The van der Waals surface area contributed by atoms with Gasteiger partial charge in [-0.1, -0.05) is 18.2 Å². The number of amides is 2. The summed E-state index contributed by atoms with van der Waals surface area (Å²) < 4.78 is 53.8. The van der Waals surface area contributed by atoms with E-state index in [0.717, 1.165) is 47.0 Å². The minimum absolute atomic E-state index is 0.0165. The number of anilines is 2. The molecule has 0 unspecified atom stereocenters. The highest BCUT2D eigenvalue weighted by molar-refractivity contribution is 8.19. The summed E-state index contributed by atoms with van der Waals surface area (Å²) in [4.78, 5) is 26.7. The van der Waals surface area contributed by atoms with Gasteiger partial charge in [-0.2, -0.15) is 13.2 Å². The quantitative estimate of drug-likeness (QED) is 0.272. The van der Waals surface area contributed by atoms with Crippen molar-refractivity contribution in [2.75, 3.05) is 10.2 Å². The first-order chi connectivity index (χ1) is 17.6. The second-order valence-electron chi connectivity index (χ2n) is 7.87. The number of hydrogen-bond donors (Lipinski definition) is 2. The van der Waals surface area contributed by atoms with Crippen LogP contribution in [0.25, 0.3) is 6.08 Å². The number of aromatic hydroxyl groups is 1. The minimum atomic E-state index is -4.65. The molecular formula is C25H14F4N4O3S. The van der Waals surface area contributed by atoms with Crippen molar-refractivity contribution < 1.29 is 32.3 Å². The van der Waals surface area contributed by atoms with Crippen LogP contribution in [0.15, 0.2) is 81.8 Å². The van der Waals surface area contributed by atoms with Crippen LogP contribution in [0.4, 0.5) is 28.9 Å². The maximum Gasteiger partial charge on any atom is 0.416 e. The maximum atomic E-state index is 13.8. The number of alkyl halides is 3. The molecule has 2 amide bonds. The Labute approximate surface area is 210 Å². The van der Waals surface area contributed by atoms with Crippen LogP contribution in [0.3, 0.4) is 0 Å². The molecule has 186 valence electrons. The molecule has 0 aromatic heterocycles. The lowest BCUT2D eigenvalue weighted by atomic mass is 10.1. The first-order valence-corrected chi connectivity index (χ1v) is 11.4. The van der Waals surface area contributed by atoms with Crippen LogP contribution in [-0.2, 0) is 15.8 Å². The van der Waals surface area contributed by atoms with E-state index >= 15 is 0 Å². The fraction of sp³-hybridized carbons (Fsp3) is 0.0400. The SMILES string of the molecule is O=C1Nc2ccc(F)cc2C1=NN=C1SC(=Cc2ccc(O)cc2)C(=O)N1c1cccc(C(F)(F)F)c1. The van der Waals surface area contributed by atoms with Gasteiger partial charge in [-0.15, -0.1) is 10.2 Å². The van der Waals surface area contributed by atoms with Gasteiger partial charge in [0, 0.05) is 5.56 Å². The second-order valence-corrected chi connectivity index (χ2v) is 8.88. The first kappa shape index (κ1) is 24.3. The predicted octanol–water partition coefficient (Wildman–Crippen LogP) is 5.38. The van der Waals surface area contributed by atoms with E-state index in [1.165, 1.54) is 30.3 Å². The molecule has 0 aliphatic carbocycles. The zero-order valence-electron chi connectivity index (χ0n) is 18.5. The summed E-state index contributed by atoms with van der Waals surface area (Å²) in [6.45, 7) is 0. The third-order valence-electron chi connectivity index (χ3n) is 5.36. The highest BCUT2D eigenvalue weighted by Crippen LogP contribution is 2.39. The lowest BCUT2D eigenvalue weighted by Crippen LogP contribution is -2.29. The molecule has 0 atom stereocenters. The maximum absolute atomic E-state index is 13.8. The van der Waals surface area contributed by atoms with Crippen molar-refractivity contribution in [1.29, 1.82) is 0 Å². The van der Waals surface area contributed by atoms with E-state index in [-0.39, 0.29) is 32.8 Å². The Morgan fingerprint density at radius 1 is 0.973 bits per heavy atom. The van der Waals surface area contributed by atoms with Crippen molar-refractivity contribution in [2.24, 2.45) is 10.2 Å². The van der Waals surface area contributed by atoms with Gasteiger partial charge in [0.05, 0.1) is 21.8 Å². The van der Waals surface area contributed by atoms with Gasteiger partial charge < -0.3 is 10.4 Å². The summed E-state index contributed by atoms with van der Waals surface area (Å²) in [5.41, 5.74) is -0.260. The zero-order chi connectivity index (χ0) is 26.3. The van der Waals surface area contributed by atoms with Crippen LogP contribution >= 0.6 is 11.8 Å². The van der Waals surface area contributed by atoms with Gasteiger partial charge in [-0.25, -0.2) is 4.39 Å². The zero-order valence-corrected chi connectivity index (χ0v) is 19.3. The second kappa shape index (κ2) is 9.21. The average molecular weight is 526 g/mol. The van der Waals surface area contributed by atoms with Gasteiger partial charge in [-0.3, -0.25) is 14.5 Å². The number of carbonyl (C=O) groups excluding carboxylic acids is 2. The Bertz CT molecular complexity index is 1530. The Kier molecular flexibility index (Phi) is 6.04. The molecule has 2 aliphatic rings. The third kappa shape index (κ3) is 4.83. The molecule has 0 radical (unpaired) electrons. The number of rotatable bonds is 3. The number of amidine groups is 1. The molecule has 0 spiro atoms. The standard InChI is InChI=1S/C25H14F4N4O3S/c26-15-6-9-19-18(12-15)21(22(35)30-19)31-32-24-33(16-3-1-2-14(11-16)25(27,28)29)23(36)20(37-24)10-13-4-7-17(34)8-5-13/h1-12,34H,(H,30,31,35). The number of nitrogens with one attached hydrogen (secondary N) is 1. The van der Waals surface area contributed by atoms with Crippen LogP contribution in [0.5, 0.6) is 5.75 Å². The van der Waals surface area contributed by atoms with Gasteiger partial charge in [0.15, 0.2) is 5.71 Å². The topological polar surface area (TPSA) is 94.4 Å². The number of halogens is 4. The van der Waals surface area contributed by atoms with E-state index in [0.29, 0.717) is 11.3 Å². The van der Waals surface area contributed by atoms with E-state index in [4.69, 9.17) is 0 Å². The van der Waals surface area contributed by atoms with Gasteiger partial charge in [-0.05, 0) is 71.9 Å². The van der Waals surface area contributed by atoms with Crippen LogP contribution in [-0.4, -0.2) is 27.8 Å². The molecule has 5 rings (SSSR count). The molecule has 1 fully saturated rings. The summed E-state index contributed by atoms with van der Waals surface area (Å²) in [5, 5.41) is 19.9. The smallest absolute Gasteiger partial charge is 0.416 e. The molecule has 2 heterocycles. The molecule has 3 aromatic carbocycles. The molecule has 37 heavy (non-hydrogen) atoms. The van der Waals surface area contributed by atoms with Crippen LogP contribution in [0, 0.1) is 5.82 Å². The van der Waals surface area contributed by atoms with Crippen molar-refractivity contribution >= 4 is 51.9 Å². The molecule has 0 saturated carbocycles. The summed E-state index contributed by atoms with van der Waals surface area (Å²) >= 11 is 0.834. The summed E-state index contributed by atoms with van der Waals surface area (Å²) in [7, 11) is 0. The Morgan fingerprint density at radius 3 is 2.46 bits per heavy atom. The van der Waals surface area contributed by atoms with Crippen LogP contribution in [0.2, 0.25) is 0 Å². The van der Waals surface area contributed by atoms with Crippen LogP contribution < -0.4 is 10.2 Å². The number of phenols is 1. The largest absolute Gasteiger partial charge is 0.508 e. The number of thioether (sulfide) groups is 1.